The topological polar surface area (TPSA) is 37.3 Å². The van der Waals surface area contributed by atoms with Crippen LogP contribution in [0.25, 0.3) is 0 Å². The van der Waals surface area contributed by atoms with Crippen molar-refractivity contribution in [3.63, 3.8) is 0 Å². The van der Waals surface area contributed by atoms with Crippen molar-refractivity contribution in [1.29, 1.82) is 0 Å². The fourth-order valence-corrected chi connectivity index (χ4v) is 1.91. The van der Waals surface area contributed by atoms with Crippen LogP contribution in [0.15, 0.2) is 0 Å². The first-order valence-electron chi connectivity index (χ1n) is 4.34. The van der Waals surface area contributed by atoms with Crippen molar-refractivity contribution in [2.75, 3.05) is 0 Å². The predicted octanol–water partition coefficient (Wildman–Crippen LogP) is 2.01. The van der Waals surface area contributed by atoms with Gasteiger partial charge in [0, 0.05) is 0 Å². The van der Waals surface area contributed by atoms with Crippen LogP contribution in [0.5, 0.6) is 0 Å². The molecule has 2 nitrogen and oxygen atoms in total. The molecule has 0 unspecified atom stereocenters. The van der Waals surface area contributed by atoms with Crippen molar-refractivity contribution >= 4 is 29.0 Å². The van der Waals surface area contributed by atoms with Gasteiger partial charge in [0.15, 0.2) is 0 Å². The molecule has 76 valence electrons. The lowest BCUT2D eigenvalue weighted by molar-refractivity contribution is -0.139. The molecule has 0 aliphatic carbocycles. The Morgan fingerprint density at radius 1 is 1.15 bits per heavy atom. The van der Waals surface area contributed by atoms with E-state index in [1.165, 1.54) is 0 Å². The molecule has 13 heavy (non-hydrogen) atoms. The Morgan fingerprint density at radius 2 is 1.54 bits per heavy atom. The minimum Gasteiger partial charge on any atom is -0.481 e. The van der Waals surface area contributed by atoms with Gasteiger partial charge in [-0.05, 0) is 17.3 Å². The second-order valence-electron chi connectivity index (χ2n) is 5.47. The van der Waals surface area contributed by atoms with E-state index in [0.717, 1.165) is 6.42 Å². The van der Waals surface area contributed by atoms with Crippen LogP contribution < -0.4 is 0 Å². The predicted molar refractivity (Wildman–Crippen MR) is 58.6 cm³/mol. The number of carboxylic acids is 1. The Labute approximate surface area is 97.2 Å². The molecule has 0 aliphatic heterocycles. The first-order valence-corrected chi connectivity index (χ1v) is 4.34. The third-order valence-corrected chi connectivity index (χ3v) is 1.64. The number of carboxylic acid groups (broad SMARTS) is 1. The molecule has 0 saturated carbocycles. The van der Waals surface area contributed by atoms with Gasteiger partial charge in [0.2, 0.25) is 0 Å². The lowest BCUT2D eigenvalue weighted by Gasteiger charge is -2.30. The first kappa shape index (κ1) is 15.7. The van der Waals surface area contributed by atoms with Crippen LogP contribution >= 0.6 is 0 Å². The third kappa shape index (κ3) is 10.2. The lowest BCUT2D eigenvalue weighted by Crippen LogP contribution is -2.23. The molecule has 0 saturated heterocycles. The van der Waals surface area contributed by atoms with E-state index in [2.05, 4.69) is 20.8 Å². The molecule has 0 aromatic rings. The molecule has 1 N–H and O–H groups in total. The normalized spacial score (nSPS) is 12.1. The number of hydrogen-bond donors (Lipinski definition) is 1. The zero-order chi connectivity index (χ0) is 9.99. The molecule has 0 spiro atoms. The maximum Gasteiger partial charge on any atom is 0.316 e. The highest BCUT2D eigenvalue weighted by atomic mass is 24.3. The molecule has 0 amide bonds. The zero-order valence-electron chi connectivity index (χ0n) is 8.77. The summed E-state index contributed by atoms with van der Waals surface area (Å²) < 4.78 is 0. The van der Waals surface area contributed by atoms with E-state index in [4.69, 9.17) is 5.11 Å². The van der Waals surface area contributed by atoms with E-state index in [-0.39, 0.29) is 40.3 Å². The first-order chi connectivity index (χ1) is 5.12. The molecule has 0 fully saturated rings. The van der Waals surface area contributed by atoms with Crippen LogP contribution in [0.3, 0.4) is 0 Å². The highest BCUT2D eigenvalue weighted by Gasteiger charge is 2.27. The minimum absolute atomic E-state index is 0. The van der Waals surface area contributed by atoms with Crippen LogP contribution in [0.2, 0.25) is 0 Å². The molecular weight excluding hydrogens is 176 g/mol. The van der Waals surface area contributed by atoms with E-state index >= 15 is 0 Å². The third-order valence-electron chi connectivity index (χ3n) is 1.64. The summed E-state index contributed by atoms with van der Waals surface area (Å²) >= 11 is 0. The molecule has 0 radical (unpaired) electrons. The van der Waals surface area contributed by atoms with Crippen molar-refractivity contribution in [3.05, 3.63) is 0 Å². The lowest BCUT2D eigenvalue weighted by atomic mass is 9.74. The maximum absolute atomic E-state index is 10.5. The highest BCUT2D eigenvalue weighted by Crippen LogP contribution is 2.35. The molecular formula is C10H22MgO2. The van der Waals surface area contributed by atoms with Crippen LogP contribution in [-0.2, 0) is 4.79 Å². The summed E-state index contributed by atoms with van der Waals surface area (Å²) in [6.45, 7) is 10.4. The Balaban J connectivity index is 0. The van der Waals surface area contributed by atoms with Crippen LogP contribution in [0.1, 0.15) is 47.5 Å². The highest BCUT2D eigenvalue weighted by molar-refractivity contribution is 5.75. The summed E-state index contributed by atoms with van der Waals surface area (Å²) in [6.07, 6.45) is 1.19. The Bertz CT molecular complexity index is 168. The van der Waals surface area contributed by atoms with E-state index in [0.29, 0.717) is 0 Å². The van der Waals surface area contributed by atoms with Gasteiger partial charge in [-0.1, -0.05) is 34.6 Å². The number of rotatable bonds is 3. The molecule has 0 bridgehead atoms. The van der Waals surface area contributed by atoms with Gasteiger partial charge in [-0.15, -0.1) is 0 Å². The van der Waals surface area contributed by atoms with Gasteiger partial charge >= 0.3 is 29.0 Å². The smallest absolute Gasteiger partial charge is 0.316 e. The van der Waals surface area contributed by atoms with Gasteiger partial charge in [0.05, 0.1) is 6.42 Å². The molecule has 0 heterocycles. The van der Waals surface area contributed by atoms with Crippen molar-refractivity contribution in [2.24, 2.45) is 10.8 Å². The van der Waals surface area contributed by atoms with Gasteiger partial charge in [-0.2, -0.15) is 0 Å². The second kappa shape index (κ2) is 5.20. The maximum atomic E-state index is 10.5. The number of hydrogen-bond acceptors (Lipinski definition) is 1. The summed E-state index contributed by atoms with van der Waals surface area (Å²) in [5.74, 6) is -0.704. The fraction of sp³-hybridized carbons (Fsp3) is 0.900. The van der Waals surface area contributed by atoms with Crippen molar-refractivity contribution in [3.8, 4) is 0 Å². The monoisotopic (exact) mass is 198 g/mol. The van der Waals surface area contributed by atoms with E-state index in [1.807, 2.05) is 13.8 Å². The Morgan fingerprint density at radius 3 is 1.77 bits per heavy atom. The second-order valence-corrected chi connectivity index (χ2v) is 5.47. The molecule has 0 atom stereocenters. The largest absolute Gasteiger partial charge is 0.481 e. The fourth-order valence-electron chi connectivity index (χ4n) is 1.91. The van der Waals surface area contributed by atoms with Gasteiger partial charge in [-0.25, -0.2) is 0 Å². The Hall–Kier alpha value is 0.236. The van der Waals surface area contributed by atoms with E-state index in [1.54, 1.807) is 0 Å². The van der Waals surface area contributed by atoms with Crippen molar-refractivity contribution in [2.45, 2.75) is 47.5 Å². The van der Waals surface area contributed by atoms with Crippen molar-refractivity contribution < 1.29 is 9.90 Å². The average Bonchev–Trinajstić information content (AvgIpc) is 1.48. The summed E-state index contributed by atoms with van der Waals surface area (Å²) in [4.78, 5) is 10.5. The molecule has 0 rings (SSSR count). The van der Waals surface area contributed by atoms with Gasteiger partial charge in [-0.3, -0.25) is 4.79 Å². The van der Waals surface area contributed by atoms with Crippen molar-refractivity contribution in [1.82, 2.24) is 0 Å². The quantitative estimate of drug-likeness (QED) is 0.705. The summed E-state index contributed by atoms with van der Waals surface area (Å²) in [5, 5.41) is 8.65. The number of aliphatic carboxylic acids is 1. The SMILES string of the molecule is CC(C)(C)CC(C)(C)CC(=O)O.[MgH2]. The standard InChI is InChI=1S/C10H20O2.Mg.2H/c1-9(2,3)7-10(4,5)6-8(11)12;;;/h6-7H2,1-5H3,(H,11,12);;;. The van der Waals surface area contributed by atoms with Gasteiger partial charge < -0.3 is 5.11 Å². The molecule has 3 heteroatoms. The van der Waals surface area contributed by atoms with Crippen LogP contribution in [-0.4, -0.2) is 34.1 Å². The average molecular weight is 199 g/mol. The van der Waals surface area contributed by atoms with E-state index in [9.17, 15) is 4.79 Å². The molecule has 0 aliphatic rings. The summed E-state index contributed by atoms with van der Waals surface area (Å²) in [7, 11) is 0. The summed E-state index contributed by atoms with van der Waals surface area (Å²) in [5.41, 5.74) is 0.114. The zero-order valence-corrected chi connectivity index (χ0v) is 8.77. The van der Waals surface area contributed by atoms with Crippen LogP contribution in [0, 0.1) is 10.8 Å². The van der Waals surface area contributed by atoms with Gasteiger partial charge in [0.1, 0.15) is 0 Å². The number of carbonyl (C=O) groups is 1. The molecule has 0 aromatic carbocycles. The van der Waals surface area contributed by atoms with E-state index < -0.39 is 5.97 Å². The Kier molecular flexibility index (Phi) is 6.28. The minimum atomic E-state index is -0.704. The molecule has 0 aromatic heterocycles. The van der Waals surface area contributed by atoms with Crippen LogP contribution in [0.4, 0.5) is 0 Å². The summed E-state index contributed by atoms with van der Waals surface area (Å²) in [6, 6.07) is 0. The van der Waals surface area contributed by atoms with Gasteiger partial charge in [0.25, 0.3) is 0 Å².